The summed E-state index contributed by atoms with van der Waals surface area (Å²) in [5.41, 5.74) is 3.22. The third-order valence-corrected chi connectivity index (χ3v) is 4.96. The molecular formula is C21H21N3O2. The van der Waals surface area contributed by atoms with Crippen LogP contribution in [0.5, 0.6) is 0 Å². The number of aromatic amines is 1. The Morgan fingerprint density at radius 2 is 1.92 bits per heavy atom. The minimum absolute atomic E-state index is 0.0619. The summed E-state index contributed by atoms with van der Waals surface area (Å²) in [6.45, 7) is 3.76. The van der Waals surface area contributed by atoms with E-state index in [4.69, 9.17) is 0 Å². The van der Waals surface area contributed by atoms with E-state index in [1.807, 2.05) is 43.3 Å². The molecule has 1 aliphatic rings. The number of hydrogen-bond donors (Lipinski definition) is 3. The third kappa shape index (κ3) is 3.13. The maximum atomic E-state index is 12.4. The second-order valence-corrected chi connectivity index (χ2v) is 6.79. The molecule has 1 unspecified atom stereocenters. The van der Waals surface area contributed by atoms with Crippen LogP contribution in [0.4, 0.5) is 0 Å². The molecule has 132 valence electrons. The lowest BCUT2D eigenvalue weighted by atomic mass is 10.0. The van der Waals surface area contributed by atoms with Crippen molar-refractivity contribution in [2.75, 3.05) is 13.1 Å². The molecule has 1 amide bonds. The SMILES string of the molecule is Cc1cccc2c(=O)[nH]c(-c3ccc(C(=O)NC4CCNC4)cc3)cc12. The highest BCUT2D eigenvalue weighted by Gasteiger charge is 2.17. The minimum Gasteiger partial charge on any atom is -0.348 e. The van der Waals surface area contributed by atoms with Crippen LogP contribution in [0.15, 0.2) is 53.3 Å². The van der Waals surface area contributed by atoms with Crippen LogP contribution >= 0.6 is 0 Å². The number of aryl methyl sites for hydroxylation is 1. The van der Waals surface area contributed by atoms with Crippen molar-refractivity contribution < 1.29 is 4.79 Å². The van der Waals surface area contributed by atoms with Crippen molar-refractivity contribution in [3.63, 3.8) is 0 Å². The minimum atomic E-state index is -0.100. The van der Waals surface area contributed by atoms with Crippen LogP contribution in [0.25, 0.3) is 22.0 Å². The number of benzene rings is 2. The van der Waals surface area contributed by atoms with Crippen LogP contribution in [0.1, 0.15) is 22.3 Å². The zero-order valence-electron chi connectivity index (χ0n) is 14.6. The molecule has 1 atom stereocenters. The maximum absolute atomic E-state index is 12.4. The number of rotatable bonds is 3. The van der Waals surface area contributed by atoms with Crippen molar-refractivity contribution in [2.45, 2.75) is 19.4 Å². The standard InChI is InChI=1S/C21H21N3O2/c1-13-3-2-4-17-18(13)11-19(24-21(17)26)14-5-7-15(8-6-14)20(25)23-16-9-10-22-12-16/h2-8,11,16,22H,9-10,12H2,1H3,(H,23,25)(H,24,26). The topological polar surface area (TPSA) is 74.0 Å². The van der Waals surface area contributed by atoms with Crippen LogP contribution in [0.3, 0.4) is 0 Å². The van der Waals surface area contributed by atoms with Crippen LogP contribution in [-0.4, -0.2) is 30.0 Å². The van der Waals surface area contributed by atoms with Gasteiger partial charge in [-0.15, -0.1) is 0 Å². The fraction of sp³-hybridized carbons (Fsp3) is 0.238. The number of carbonyl (C=O) groups excluding carboxylic acids is 1. The van der Waals surface area contributed by atoms with Gasteiger partial charge in [0.15, 0.2) is 0 Å². The molecule has 0 bridgehead atoms. The number of nitrogens with one attached hydrogen (secondary N) is 3. The van der Waals surface area contributed by atoms with E-state index >= 15 is 0 Å². The Hall–Kier alpha value is -2.92. The molecule has 1 aliphatic heterocycles. The molecule has 3 aromatic rings. The molecule has 2 heterocycles. The summed E-state index contributed by atoms with van der Waals surface area (Å²) in [5.74, 6) is -0.0619. The Balaban J connectivity index is 1.62. The number of pyridine rings is 1. The third-order valence-electron chi connectivity index (χ3n) is 4.96. The number of H-pyrrole nitrogens is 1. The highest BCUT2D eigenvalue weighted by molar-refractivity contribution is 5.95. The van der Waals surface area contributed by atoms with Gasteiger partial charge in [0.05, 0.1) is 0 Å². The van der Waals surface area contributed by atoms with Gasteiger partial charge in [-0.3, -0.25) is 9.59 Å². The molecule has 0 radical (unpaired) electrons. The lowest BCUT2D eigenvalue weighted by Gasteiger charge is -2.12. The largest absolute Gasteiger partial charge is 0.348 e. The molecule has 26 heavy (non-hydrogen) atoms. The zero-order chi connectivity index (χ0) is 18.1. The van der Waals surface area contributed by atoms with Crippen molar-refractivity contribution in [1.82, 2.24) is 15.6 Å². The van der Waals surface area contributed by atoms with E-state index in [0.717, 1.165) is 41.7 Å². The predicted octanol–water partition coefficient (Wildman–Crippen LogP) is 2.60. The second-order valence-electron chi connectivity index (χ2n) is 6.79. The number of aromatic nitrogens is 1. The Labute approximate surface area is 151 Å². The molecule has 0 spiro atoms. The monoisotopic (exact) mass is 347 g/mol. The molecule has 0 aliphatic carbocycles. The van der Waals surface area contributed by atoms with E-state index in [9.17, 15) is 9.59 Å². The van der Waals surface area contributed by atoms with Gasteiger partial charge in [0, 0.05) is 29.2 Å². The lowest BCUT2D eigenvalue weighted by molar-refractivity contribution is 0.0940. The smallest absolute Gasteiger partial charge is 0.256 e. The van der Waals surface area contributed by atoms with Crippen LogP contribution in [0, 0.1) is 6.92 Å². The van der Waals surface area contributed by atoms with Gasteiger partial charge in [-0.25, -0.2) is 0 Å². The van der Waals surface area contributed by atoms with Crippen molar-refractivity contribution in [3.8, 4) is 11.3 Å². The Morgan fingerprint density at radius 3 is 2.65 bits per heavy atom. The number of carbonyl (C=O) groups is 1. The fourth-order valence-electron chi connectivity index (χ4n) is 3.44. The number of amides is 1. The summed E-state index contributed by atoms with van der Waals surface area (Å²) in [6.07, 6.45) is 0.960. The maximum Gasteiger partial charge on any atom is 0.256 e. The van der Waals surface area contributed by atoms with Gasteiger partial charge in [0.25, 0.3) is 11.5 Å². The summed E-state index contributed by atoms with van der Waals surface area (Å²) in [4.78, 5) is 27.6. The van der Waals surface area contributed by atoms with E-state index in [2.05, 4.69) is 15.6 Å². The first-order chi connectivity index (χ1) is 12.6. The Bertz CT molecular complexity index is 1020. The summed E-state index contributed by atoms with van der Waals surface area (Å²) in [5, 5.41) is 7.91. The van der Waals surface area contributed by atoms with E-state index in [-0.39, 0.29) is 17.5 Å². The van der Waals surface area contributed by atoms with Crippen LogP contribution < -0.4 is 16.2 Å². The normalized spacial score (nSPS) is 16.7. The van der Waals surface area contributed by atoms with Gasteiger partial charge in [0.1, 0.15) is 0 Å². The van der Waals surface area contributed by atoms with E-state index in [1.165, 1.54) is 0 Å². The molecule has 3 N–H and O–H groups in total. The first kappa shape index (κ1) is 16.5. The molecular weight excluding hydrogens is 326 g/mol. The molecule has 0 saturated carbocycles. The van der Waals surface area contributed by atoms with Crippen molar-refractivity contribution in [2.24, 2.45) is 0 Å². The van der Waals surface area contributed by atoms with Crippen molar-refractivity contribution >= 4 is 16.7 Å². The highest BCUT2D eigenvalue weighted by atomic mass is 16.1. The van der Waals surface area contributed by atoms with E-state index in [0.29, 0.717) is 10.9 Å². The first-order valence-corrected chi connectivity index (χ1v) is 8.86. The summed E-state index contributed by atoms with van der Waals surface area (Å²) < 4.78 is 0. The Morgan fingerprint density at radius 1 is 1.12 bits per heavy atom. The average Bonchev–Trinajstić information content (AvgIpc) is 3.15. The average molecular weight is 347 g/mol. The molecule has 2 aromatic carbocycles. The highest BCUT2D eigenvalue weighted by Crippen LogP contribution is 2.22. The van der Waals surface area contributed by atoms with Gasteiger partial charge in [0.2, 0.25) is 0 Å². The van der Waals surface area contributed by atoms with Crippen LogP contribution in [0.2, 0.25) is 0 Å². The molecule has 5 heteroatoms. The summed E-state index contributed by atoms with van der Waals surface area (Å²) >= 11 is 0. The predicted molar refractivity (Wildman–Crippen MR) is 103 cm³/mol. The van der Waals surface area contributed by atoms with Gasteiger partial charge in [-0.1, -0.05) is 24.3 Å². The number of hydrogen-bond acceptors (Lipinski definition) is 3. The van der Waals surface area contributed by atoms with E-state index < -0.39 is 0 Å². The van der Waals surface area contributed by atoms with Gasteiger partial charge in [-0.05, 0) is 60.7 Å². The van der Waals surface area contributed by atoms with E-state index in [1.54, 1.807) is 12.1 Å². The summed E-state index contributed by atoms with van der Waals surface area (Å²) in [6, 6.07) is 15.2. The quantitative estimate of drug-likeness (QED) is 0.682. The van der Waals surface area contributed by atoms with Gasteiger partial charge in [-0.2, -0.15) is 0 Å². The second kappa shape index (κ2) is 6.77. The first-order valence-electron chi connectivity index (χ1n) is 8.86. The van der Waals surface area contributed by atoms with Gasteiger partial charge >= 0.3 is 0 Å². The van der Waals surface area contributed by atoms with Crippen molar-refractivity contribution in [3.05, 3.63) is 70.0 Å². The molecule has 1 saturated heterocycles. The summed E-state index contributed by atoms with van der Waals surface area (Å²) in [7, 11) is 0. The fourth-order valence-corrected chi connectivity index (χ4v) is 3.44. The van der Waals surface area contributed by atoms with Crippen LogP contribution in [-0.2, 0) is 0 Å². The molecule has 4 rings (SSSR count). The lowest BCUT2D eigenvalue weighted by Crippen LogP contribution is -2.36. The Kier molecular flexibility index (Phi) is 4.31. The molecule has 1 aromatic heterocycles. The number of fused-ring (bicyclic) bond motifs is 1. The molecule has 1 fully saturated rings. The zero-order valence-corrected chi connectivity index (χ0v) is 14.6. The van der Waals surface area contributed by atoms with Gasteiger partial charge < -0.3 is 15.6 Å². The molecule has 5 nitrogen and oxygen atoms in total. The van der Waals surface area contributed by atoms with Crippen molar-refractivity contribution in [1.29, 1.82) is 0 Å².